The normalized spacial score (nSPS) is 16.7. The summed E-state index contributed by atoms with van der Waals surface area (Å²) in [5.41, 5.74) is 2.51. The van der Waals surface area contributed by atoms with Crippen molar-refractivity contribution in [2.45, 2.75) is 6.10 Å². The third kappa shape index (κ3) is 4.92. The van der Waals surface area contributed by atoms with Gasteiger partial charge in [0.25, 0.3) is 5.91 Å². The highest BCUT2D eigenvalue weighted by atomic mass is 19.1. The number of pyridine rings is 1. The third-order valence-corrected chi connectivity index (χ3v) is 5.35. The van der Waals surface area contributed by atoms with Gasteiger partial charge in [0.1, 0.15) is 11.9 Å². The Morgan fingerprint density at radius 2 is 1.94 bits per heavy atom. The molecule has 1 aliphatic rings. The number of benzene rings is 2. The standard InChI is InChI=1S/C24H25FN4O3/c1-28(2)24(31)19-13-21(27-20-6-4-3-5-18(19)20)22-14-29(11-12-32-22)15-23(30)26-17-9-7-16(25)8-10-17/h3-10,13,22H,11-12,14-15H2,1-2H3,(H,26,30)/t22-/m1/s1. The van der Waals surface area contributed by atoms with E-state index in [1.807, 2.05) is 29.2 Å². The lowest BCUT2D eigenvalue weighted by molar-refractivity contribution is -0.119. The van der Waals surface area contributed by atoms with Crippen LogP contribution in [0.15, 0.2) is 54.6 Å². The summed E-state index contributed by atoms with van der Waals surface area (Å²) >= 11 is 0. The van der Waals surface area contributed by atoms with Crippen LogP contribution >= 0.6 is 0 Å². The van der Waals surface area contributed by atoms with Gasteiger partial charge in [-0.15, -0.1) is 0 Å². The molecule has 2 aromatic carbocycles. The molecule has 0 radical (unpaired) electrons. The molecule has 8 heteroatoms. The average Bonchev–Trinajstić information content (AvgIpc) is 2.79. The Hall–Kier alpha value is -3.36. The van der Waals surface area contributed by atoms with Gasteiger partial charge < -0.3 is 15.0 Å². The smallest absolute Gasteiger partial charge is 0.254 e. The lowest BCUT2D eigenvalue weighted by atomic mass is 10.0. The predicted octanol–water partition coefficient (Wildman–Crippen LogP) is 3.09. The van der Waals surface area contributed by atoms with Gasteiger partial charge >= 0.3 is 0 Å². The van der Waals surface area contributed by atoms with Crippen LogP contribution in [0.2, 0.25) is 0 Å². The van der Waals surface area contributed by atoms with Crippen molar-refractivity contribution in [3.8, 4) is 0 Å². The minimum atomic E-state index is -0.360. The van der Waals surface area contributed by atoms with E-state index in [2.05, 4.69) is 5.32 Å². The molecule has 1 fully saturated rings. The molecule has 1 saturated heterocycles. The second-order valence-electron chi connectivity index (χ2n) is 7.96. The molecule has 3 aromatic rings. The molecule has 1 atom stereocenters. The average molecular weight is 436 g/mol. The number of morpholine rings is 1. The van der Waals surface area contributed by atoms with Crippen LogP contribution in [0.25, 0.3) is 10.9 Å². The third-order valence-electron chi connectivity index (χ3n) is 5.35. The van der Waals surface area contributed by atoms with Gasteiger partial charge in [0.05, 0.1) is 29.9 Å². The molecule has 1 N–H and O–H groups in total. The molecule has 4 rings (SSSR count). The van der Waals surface area contributed by atoms with Crippen molar-refractivity contribution in [1.29, 1.82) is 0 Å². The van der Waals surface area contributed by atoms with Crippen molar-refractivity contribution in [2.24, 2.45) is 0 Å². The first kappa shape index (κ1) is 21.9. The predicted molar refractivity (Wildman–Crippen MR) is 120 cm³/mol. The fraction of sp³-hybridized carbons (Fsp3) is 0.292. The molecule has 32 heavy (non-hydrogen) atoms. The fourth-order valence-corrected chi connectivity index (χ4v) is 3.74. The quantitative estimate of drug-likeness (QED) is 0.665. The molecule has 0 saturated carbocycles. The molecule has 0 spiro atoms. The van der Waals surface area contributed by atoms with Gasteiger partial charge in [0, 0.05) is 38.3 Å². The van der Waals surface area contributed by atoms with Crippen molar-refractivity contribution < 1.29 is 18.7 Å². The first-order chi connectivity index (χ1) is 15.4. The lowest BCUT2D eigenvalue weighted by Crippen LogP contribution is -2.42. The summed E-state index contributed by atoms with van der Waals surface area (Å²) in [4.78, 5) is 33.5. The van der Waals surface area contributed by atoms with E-state index in [-0.39, 0.29) is 30.3 Å². The molecule has 166 valence electrons. The molecule has 1 aliphatic heterocycles. The molecule has 1 aromatic heterocycles. The summed E-state index contributed by atoms with van der Waals surface area (Å²) in [6, 6.07) is 15.0. The van der Waals surface area contributed by atoms with Crippen molar-refractivity contribution in [3.63, 3.8) is 0 Å². The number of hydrogen-bond donors (Lipinski definition) is 1. The summed E-state index contributed by atoms with van der Waals surface area (Å²) in [5.74, 6) is -0.641. The van der Waals surface area contributed by atoms with Gasteiger partial charge in [-0.3, -0.25) is 14.5 Å². The molecule has 2 heterocycles. The van der Waals surface area contributed by atoms with Crippen LogP contribution in [-0.2, 0) is 9.53 Å². The van der Waals surface area contributed by atoms with E-state index in [4.69, 9.17) is 9.72 Å². The van der Waals surface area contributed by atoms with Gasteiger partial charge in [-0.05, 0) is 36.4 Å². The number of para-hydroxylation sites is 1. The molecular formula is C24H25FN4O3. The summed E-state index contributed by atoms with van der Waals surface area (Å²) in [7, 11) is 3.44. The Morgan fingerprint density at radius 1 is 1.19 bits per heavy atom. The van der Waals surface area contributed by atoms with Crippen LogP contribution in [0.1, 0.15) is 22.2 Å². The summed E-state index contributed by atoms with van der Waals surface area (Å²) < 4.78 is 19.0. The van der Waals surface area contributed by atoms with E-state index in [0.717, 1.165) is 10.9 Å². The molecule has 0 unspecified atom stereocenters. The van der Waals surface area contributed by atoms with E-state index >= 15 is 0 Å². The van der Waals surface area contributed by atoms with Gasteiger partial charge in [-0.1, -0.05) is 18.2 Å². The van der Waals surface area contributed by atoms with Crippen LogP contribution in [0.5, 0.6) is 0 Å². The van der Waals surface area contributed by atoms with Crippen LogP contribution < -0.4 is 5.32 Å². The van der Waals surface area contributed by atoms with Crippen molar-refractivity contribution >= 4 is 28.4 Å². The van der Waals surface area contributed by atoms with Gasteiger partial charge in [0.15, 0.2) is 0 Å². The molecule has 7 nitrogen and oxygen atoms in total. The zero-order valence-electron chi connectivity index (χ0n) is 18.0. The molecule has 2 amide bonds. The van der Waals surface area contributed by atoms with E-state index in [9.17, 15) is 14.0 Å². The minimum Gasteiger partial charge on any atom is -0.369 e. The molecule has 0 bridgehead atoms. The SMILES string of the molecule is CN(C)C(=O)c1cc([C@H]2CN(CC(=O)Nc3ccc(F)cc3)CCO2)nc2ccccc12. The van der Waals surface area contributed by atoms with Gasteiger partial charge in [-0.2, -0.15) is 0 Å². The second kappa shape index (κ2) is 9.42. The van der Waals surface area contributed by atoms with Crippen molar-refractivity contribution in [2.75, 3.05) is 45.7 Å². The number of nitrogens with one attached hydrogen (secondary N) is 1. The monoisotopic (exact) mass is 436 g/mol. The maximum atomic E-state index is 13.1. The zero-order chi connectivity index (χ0) is 22.7. The summed E-state index contributed by atoms with van der Waals surface area (Å²) in [6.45, 7) is 1.69. The number of fused-ring (bicyclic) bond motifs is 1. The van der Waals surface area contributed by atoms with Crippen LogP contribution in [-0.4, -0.2) is 66.9 Å². The molecular weight excluding hydrogens is 411 g/mol. The van der Waals surface area contributed by atoms with Gasteiger partial charge in [-0.25, -0.2) is 9.37 Å². The number of halogens is 1. The first-order valence-corrected chi connectivity index (χ1v) is 10.4. The minimum absolute atomic E-state index is 0.101. The van der Waals surface area contributed by atoms with E-state index in [1.165, 1.54) is 24.3 Å². The van der Waals surface area contributed by atoms with E-state index in [0.29, 0.717) is 36.6 Å². The number of amides is 2. The Bertz CT molecular complexity index is 1130. The number of aromatic nitrogens is 1. The van der Waals surface area contributed by atoms with E-state index in [1.54, 1.807) is 25.1 Å². The topological polar surface area (TPSA) is 74.8 Å². The number of anilines is 1. The number of hydrogen-bond acceptors (Lipinski definition) is 5. The Balaban J connectivity index is 1.51. The van der Waals surface area contributed by atoms with Crippen LogP contribution in [0.3, 0.4) is 0 Å². The number of carbonyl (C=O) groups excluding carboxylic acids is 2. The number of carbonyl (C=O) groups is 2. The number of nitrogens with zero attached hydrogens (tertiary/aromatic N) is 3. The largest absolute Gasteiger partial charge is 0.369 e. The Labute approximate surface area is 185 Å². The fourth-order valence-electron chi connectivity index (χ4n) is 3.74. The maximum Gasteiger partial charge on any atom is 0.254 e. The zero-order valence-corrected chi connectivity index (χ0v) is 18.0. The number of ether oxygens (including phenoxy) is 1. The Morgan fingerprint density at radius 3 is 2.69 bits per heavy atom. The van der Waals surface area contributed by atoms with E-state index < -0.39 is 0 Å². The summed E-state index contributed by atoms with van der Waals surface area (Å²) in [6.07, 6.45) is -0.360. The first-order valence-electron chi connectivity index (χ1n) is 10.4. The summed E-state index contributed by atoms with van der Waals surface area (Å²) in [5, 5.41) is 3.57. The highest BCUT2D eigenvalue weighted by molar-refractivity contribution is 6.06. The van der Waals surface area contributed by atoms with Crippen molar-refractivity contribution in [1.82, 2.24) is 14.8 Å². The maximum absolute atomic E-state index is 13.1. The highest BCUT2D eigenvalue weighted by Crippen LogP contribution is 2.26. The van der Waals surface area contributed by atoms with Crippen molar-refractivity contribution in [3.05, 3.63) is 71.7 Å². The lowest BCUT2D eigenvalue weighted by Gasteiger charge is -2.32. The van der Waals surface area contributed by atoms with Crippen LogP contribution in [0.4, 0.5) is 10.1 Å². The molecule has 0 aliphatic carbocycles. The Kier molecular flexibility index (Phi) is 6.43. The second-order valence-corrected chi connectivity index (χ2v) is 7.96. The van der Waals surface area contributed by atoms with Gasteiger partial charge in [0.2, 0.25) is 5.91 Å². The highest BCUT2D eigenvalue weighted by Gasteiger charge is 2.26. The van der Waals surface area contributed by atoms with Crippen LogP contribution in [0, 0.1) is 5.82 Å². The number of rotatable bonds is 5.